The number of hydrogen-bond acceptors (Lipinski definition) is 3. The molecular weight excluding hydrogens is 281 g/mol. The highest BCUT2D eigenvalue weighted by molar-refractivity contribution is 5.59. The van der Waals surface area contributed by atoms with Crippen molar-refractivity contribution in [2.24, 2.45) is 0 Å². The highest BCUT2D eigenvalue weighted by Crippen LogP contribution is 2.46. The van der Waals surface area contributed by atoms with Crippen molar-refractivity contribution in [1.82, 2.24) is 0 Å². The monoisotopic (exact) mass is 299 g/mol. The molecule has 114 valence electrons. The van der Waals surface area contributed by atoms with Crippen molar-refractivity contribution in [2.75, 3.05) is 12.1 Å². The molecule has 2 aromatic carbocycles. The van der Waals surface area contributed by atoms with Crippen molar-refractivity contribution in [2.45, 2.75) is 31.6 Å². The average Bonchev–Trinajstić information content (AvgIpc) is 3.04. The van der Waals surface area contributed by atoms with E-state index >= 15 is 0 Å². The van der Waals surface area contributed by atoms with E-state index in [0.29, 0.717) is 5.56 Å². The Morgan fingerprint density at radius 2 is 2.00 bits per heavy atom. The standard InChI is InChI=1S/C18H18FNO2/c1-2-11-7-8-15-13(9-11)17-18(22-10-21-17)16(20-15)12-5-3-4-6-14(12)19/h3-9,16-18,20H,2,10H2,1H3. The molecule has 3 unspecified atom stereocenters. The van der Waals surface area contributed by atoms with Crippen LogP contribution in [0.15, 0.2) is 42.5 Å². The second-order valence-electron chi connectivity index (χ2n) is 5.76. The van der Waals surface area contributed by atoms with Crippen LogP contribution < -0.4 is 5.32 Å². The number of nitrogens with one attached hydrogen (secondary N) is 1. The molecule has 0 aromatic heterocycles. The lowest BCUT2D eigenvalue weighted by molar-refractivity contribution is 0.0365. The Hall–Kier alpha value is -1.91. The van der Waals surface area contributed by atoms with Crippen LogP contribution in [0.5, 0.6) is 0 Å². The Morgan fingerprint density at radius 3 is 2.82 bits per heavy atom. The molecule has 0 aliphatic carbocycles. The number of halogens is 1. The normalized spacial score (nSPS) is 26.2. The second-order valence-corrected chi connectivity index (χ2v) is 5.76. The van der Waals surface area contributed by atoms with Gasteiger partial charge in [-0.1, -0.05) is 37.3 Å². The molecule has 2 heterocycles. The third-order valence-electron chi connectivity index (χ3n) is 4.52. The molecule has 3 nitrogen and oxygen atoms in total. The third-order valence-corrected chi connectivity index (χ3v) is 4.52. The minimum absolute atomic E-state index is 0.146. The summed E-state index contributed by atoms with van der Waals surface area (Å²) in [6.45, 7) is 2.38. The summed E-state index contributed by atoms with van der Waals surface area (Å²) in [5.74, 6) is -0.220. The van der Waals surface area contributed by atoms with Crippen molar-refractivity contribution in [3.8, 4) is 0 Å². The Balaban J connectivity index is 1.79. The molecule has 0 saturated carbocycles. The molecule has 1 saturated heterocycles. The molecule has 0 radical (unpaired) electrons. The van der Waals surface area contributed by atoms with Crippen molar-refractivity contribution >= 4 is 5.69 Å². The van der Waals surface area contributed by atoms with Gasteiger partial charge in [0.1, 0.15) is 24.8 Å². The summed E-state index contributed by atoms with van der Waals surface area (Å²) in [5, 5.41) is 3.43. The highest BCUT2D eigenvalue weighted by atomic mass is 19.1. The molecule has 22 heavy (non-hydrogen) atoms. The predicted octanol–water partition coefficient (Wildman–Crippen LogP) is 3.97. The van der Waals surface area contributed by atoms with E-state index in [9.17, 15) is 4.39 Å². The first-order valence-electron chi connectivity index (χ1n) is 7.65. The first-order valence-corrected chi connectivity index (χ1v) is 7.65. The number of hydrogen-bond donors (Lipinski definition) is 1. The predicted molar refractivity (Wildman–Crippen MR) is 82.1 cm³/mol. The average molecular weight is 299 g/mol. The van der Waals surface area contributed by atoms with Crippen LogP contribution in [-0.2, 0) is 15.9 Å². The van der Waals surface area contributed by atoms with Gasteiger partial charge in [0.05, 0.1) is 6.04 Å². The highest BCUT2D eigenvalue weighted by Gasteiger charge is 2.43. The molecule has 1 N–H and O–H groups in total. The van der Waals surface area contributed by atoms with E-state index in [0.717, 1.165) is 17.7 Å². The van der Waals surface area contributed by atoms with Crippen LogP contribution in [0.2, 0.25) is 0 Å². The van der Waals surface area contributed by atoms with E-state index in [1.54, 1.807) is 12.1 Å². The molecule has 3 atom stereocenters. The number of anilines is 1. The molecule has 0 bridgehead atoms. The molecule has 0 amide bonds. The van der Waals surface area contributed by atoms with Crippen LogP contribution in [0.4, 0.5) is 10.1 Å². The zero-order chi connectivity index (χ0) is 15.1. The van der Waals surface area contributed by atoms with Gasteiger partial charge in [0, 0.05) is 16.8 Å². The summed E-state index contributed by atoms with van der Waals surface area (Å²) in [4.78, 5) is 0. The first kappa shape index (κ1) is 13.7. The van der Waals surface area contributed by atoms with Gasteiger partial charge in [-0.3, -0.25) is 0 Å². The van der Waals surface area contributed by atoms with Gasteiger partial charge >= 0.3 is 0 Å². The third kappa shape index (κ3) is 2.11. The number of ether oxygens (including phenoxy) is 2. The van der Waals surface area contributed by atoms with Crippen LogP contribution >= 0.6 is 0 Å². The van der Waals surface area contributed by atoms with Crippen molar-refractivity contribution in [3.63, 3.8) is 0 Å². The van der Waals surface area contributed by atoms with E-state index < -0.39 is 0 Å². The van der Waals surface area contributed by atoms with Gasteiger partial charge in [-0.05, 0) is 24.1 Å². The second kappa shape index (κ2) is 5.38. The fourth-order valence-corrected chi connectivity index (χ4v) is 3.34. The molecule has 2 aromatic rings. The van der Waals surface area contributed by atoms with Gasteiger partial charge in [-0.25, -0.2) is 4.39 Å². The number of fused-ring (bicyclic) bond motifs is 3. The summed E-state index contributed by atoms with van der Waals surface area (Å²) in [6.07, 6.45) is 0.617. The molecule has 2 aliphatic rings. The van der Waals surface area contributed by atoms with Crippen molar-refractivity contribution in [1.29, 1.82) is 0 Å². The Labute approximate surface area is 129 Å². The van der Waals surface area contributed by atoms with Gasteiger partial charge in [0.2, 0.25) is 0 Å². The summed E-state index contributed by atoms with van der Waals surface area (Å²) < 4.78 is 25.7. The zero-order valence-electron chi connectivity index (χ0n) is 12.4. The first-order chi connectivity index (χ1) is 10.8. The van der Waals surface area contributed by atoms with Gasteiger partial charge in [-0.2, -0.15) is 0 Å². The maximum atomic E-state index is 14.2. The van der Waals surface area contributed by atoms with Crippen LogP contribution in [0.3, 0.4) is 0 Å². The zero-order valence-corrected chi connectivity index (χ0v) is 12.4. The minimum atomic E-state index is -0.242. The molecule has 0 spiro atoms. The maximum absolute atomic E-state index is 14.2. The van der Waals surface area contributed by atoms with Crippen LogP contribution in [0, 0.1) is 5.82 Å². The van der Waals surface area contributed by atoms with Gasteiger partial charge in [0.15, 0.2) is 0 Å². The fraction of sp³-hybridized carbons (Fsp3) is 0.333. The van der Waals surface area contributed by atoms with E-state index in [2.05, 4.69) is 30.4 Å². The maximum Gasteiger partial charge on any atom is 0.148 e. The van der Waals surface area contributed by atoms with Crippen LogP contribution in [-0.4, -0.2) is 12.9 Å². The molecule has 1 fully saturated rings. The Kier molecular flexibility index (Phi) is 3.36. The summed E-state index contributed by atoms with van der Waals surface area (Å²) in [7, 11) is 0. The smallest absolute Gasteiger partial charge is 0.148 e. The number of aryl methyl sites for hydroxylation is 1. The summed E-state index contributed by atoms with van der Waals surface area (Å²) in [5.41, 5.74) is 3.99. The van der Waals surface area contributed by atoms with E-state index in [4.69, 9.17) is 9.47 Å². The number of benzene rings is 2. The largest absolute Gasteiger partial charge is 0.375 e. The molecule has 4 heteroatoms. The molecule has 4 rings (SSSR count). The van der Waals surface area contributed by atoms with Crippen LogP contribution in [0.25, 0.3) is 0 Å². The van der Waals surface area contributed by atoms with Gasteiger partial charge in [-0.15, -0.1) is 0 Å². The topological polar surface area (TPSA) is 30.5 Å². The van der Waals surface area contributed by atoms with Crippen LogP contribution in [0.1, 0.15) is 35.8 Å². The summed E-state index contributed by atoms with van der Waals surface area (Å²) in [6, 6.07) is 12.9. The van der Waals surface area contributed by atoms with Gasteiger partial charge in [0.25, 0.3) is 0 Å². The summed E-state index contributed by atoms with van der Waals surface area (Å²) >= 11 is 0. The SMILES string of the molecule is CCc1ccc2c(c1)C1OCOC1C(c1ccccc1F)N2. The van der Waals surface area contributed by atoms with Crippen molar-refractivity contribution in [3.05, 3.63) is 65.0 Å². The van der Waals surface area contributed by atoms with Crippen molar-refractivity contribution < 1.29 is 13.9 Å². The van der Waals surface area contributed by atoms with E-state index in [1.165, 1.54) is 11.6 Å². The molecule has 2 aliphatic heterocycles. The minimum Gasteiger partial charge on any atom is -0.375 e. The van der Waals surface area contributed by atoms with Gasteiger partial charge < -0.3 is 14.8 Å². The molecular formula is C18H18FNO2. The lowest BCUT2D eigenvalue weighted by Crippen LogP contribution is -2.35. The number of rotatable bonds is 2. The lowest BCUT2D eigenvalue weighted by Gasteiger charge is -2.35. The van der Waals surface area contributed by atoms with E-state index in [-0.39, 0.29) is 30.9 Å². The Morgan fingerprint density at radius 1 is 1.14 bits per heavy atom. The Bertz CT molecular complexity index is 703. The van der Waals surface area contributed by atoms with E-state index in [1.807, 2.05) is 6.07 Å². The lowest BCUT2D eigenvalue weighted by atomic mass is 9.87. The quantitative estimate of drug-likeness (QED) is 0.910. The fourth-order valence-electron chi connectivity index (χ4n) is 3.34.